The first-order chi connectivity index (χ1) is 5.11. The van der Waals surface area contributed by atoms with Crippen LogP contribution in [-0.2, 0) is 0 Å². The second-order valence-electron chi connectivity index (χ2n) is 1.90. The number of carbonyl (C=O) groups is 1. The van der Waals surface area contributed by atoms with Crippen LogP contribution in [0.5, 0.6) is 0 Å². The fraction of sp³-hybridized carbons (Fsp3) is 0. The minimum Gasteiger partial charge on any atom is -0.276 e. The first-order valence-corrected chi connectivity index (χ1v) is 4.59. The molecule has 0 aliphatic rings. The third-order valence-electron chi connectivity index (χ3n) is 1.15. The fourth-order valence-electron chi connectivity index (χ4n) is 0.618. The highest BCUT2D eigenvalue weighted by atomic mass is 127. The quantitative estimate of drug-likeness (QED) is 0.574. The maximum absolute atomic E-state index is 10.6. The number of hydrogen-bond acceptors (Lipinski definition) is 1. The minimum atomic E-state index is -0.459. The van der Waals surface area contributed by atoms with Crippen molar-refractivity contribution in [2.45, 2.75) is 0 Å². The molecule has 0 amide bonds. The van der Waals surface area contributed by atoms with E-state index in [2.05, 4.69) is 0 Å². The van der Waals surface area contributed by atoms with E-state index in [1.54, 1.807) is 18.2 Å². The molecule has 0 radical (unpaired) electrons. The molecular weight excluding hydrogens is 298 g/mol. The molecule has 0 spiro atoms. The third kappa shape index (κ3) is 2.32. The third-order valence-corrected chi connectivity index (χ3v) is 2.91. The molecular formula is C7H3Cl2IO. The number of carbonyl (C=O) groups excluding carboxylic acids is 1. The monoisotopic (exact) mass is 300 g/mol. The molecule has 0 atom stereocenters. The summed E-state index contributed by atoms with van der Waals surface area (Å²) in [5.74, 6) is 0. The minimum absolute atomic E-state index is 0.459. The van der Waals surface area contributed by atoms with E-state index >= 15 is 0 Å². The van der Waals surface area contributed by atoms with Crippen molar-refractivity contribution in [1.82, 2.24) is 0 Å². The SMILES string of the molecule is O=C(Cl)c1ccc(Cl)c(I)c1. The van der Waals surface area contributed by atoms with Gasteiger partial charge in [0.15, 0.2) is 0 Å². The molecule has 0 N–H and O–H groups in total. The Hall–Kier alpha value is 0.200. The number of hydrogen-bond donors (Lipinski definition) is 0. The fourth-order valence-corrected chi connectivity index (χ4v) is 1.37. The molecule has 0 bridgehead atoms. The molecule has 0 heterocycles. The van der Waals surface area contributed by atoms with E-state index in [1.165, 1.54) is 0 Å². The van der Waals surface area contributed by atoms with Crippen molar-refractivity contribution in [1.29, 1.82) is 0 Å². The topological polar surface area (TPSA) is 17.1 Å². The van der Waals surface area contributed by atoms with E-state index in [0.717, 1.165) is 3.57 Å². The molecule has 1 aromatic rings. The van der Waals surface area contributed by atoms with Crippen LogP contribution in [0.1, 0.15) is 10.4 Å². The van der Waals surface area contributed by atoms with Gasteiger partial charge in [0.1, 0.15) is 0 Å². The van der Waals surface area contributed by atoms with Gasteiger partial charge in [-0.3, -0.25) is 4.79 Å². The van der Waals surface area contributed by atoms with Crippen LogP contribution in [0.15, 0.2) is 18.2 Å². The van der Waals surface area contributed by atoms with E-state index in [0.29, 0.717) is 10.6 Å². The summed E-state index contributed by atoms with van der Waals surface area (Å²) >= 11 is 13.0. The van der Waals surface area contributed by atoms with Gasteiger partial charge in [-0.2, -0.15) is 0 Å². The van der Waals surface area contributed by atoms with Crippen LogP contribution >= 0.6 is 45.8 Å². The Bertz CT molecular complexity index is 298. The largest absolute Gasteiger partial charge is 0.276 e. The molecule has 58 valence electrons. The smallest absolute Gasteiger partial charge is 0.252 e. The van der Waals surface area contributed by atoms with Crippen LogP contribution in [0.3, 0.4) is 0 Å². The molecule has 1 rings (SSSR count). The lowest BCUT2D eigenvalue weighted by Gasteiger charge is -1.96. The van der Waals surface area contributed by atoms with E-state index in [1.807, 2.05) is 22.6 Å². The summed E-state index contributed by atoms with van der Waals surface area (Å²) < 4.78 is 0.829. The molecule has 0 aromatic heterocycles. The van der Waals surface area contributed by atoms with E-state index < -0.39 is 5.24 Å². The zero-order valence-electron chi connectivity index (χ0n) is 5.27. The van der Waals surface area contributed by atoms with E-state index in [9.17, 15) is 4.79 Å². The summed E-state index contributed by atoms with van der Waals surface area (Å²) in [6.45, 7) is 0. The summed E-state index contributed by atoms with van der Waals surface area (Å²) in [6.07, 6.45) is 0. The lowest BCUT2D eigenvalue weighted by molar-refractivity contribution is 0.108. The summed E-state index contributed by atoms with van der Waals surface area (Å²) in [5.41, 5.74) is 0.473. The average Bonchev–Trinajstić information content (AvgIpc) is 1.94. The highest BCUT2D eigenvalue weighted by molar-refractivity contribution is 14.1. The first kappa shape index (κ1) is 9.29. The van der Waals surface area contributed by atoms with Gasteiger partial charge in [0.25, 0.3) is 5.24 Å². The Morgan fingerprint density at radius 3 is 2.55 bits per heavy atom. The van der Waals surface area contributed by atoms with Crippen LogP contribution in [0.4, 0.5) is 0 Å². The van der Waals surface area contributed by atoms with E-state index in [4.69, 9.17) is 23.2 Å². The van der Waals surface area contributed by atoms with Crippen LogP contribution in [0.25, 0.3) is 0 Å². The Labute approximate surface area is 87.8 Å². The summed E-state index contributed by atoms with van der Waals surface area (Å²) in [7, 11) is 0. The highest BCUT2D eigenvalue weighted by Gasteiger charge is 2.03. The molecule has 0 unspecified atom stereocenters. The van der Waals surface area contributed by atoms with Gasteiger partial charge in [0, 0.05) is 9.13 Å². The zero-order chi connectivity index (χ0) is 8.43. The van der Waals surface area contributed by atoms with Crippen LogP contribution in [-0.4, -0.2) is 5.24 Å². The van der Waals surface area contributed by atoms with Gasteiger partial charge >= 0.3 is 0 Å². The van der Waals surface area contributed by atoms with Crippen LogP contribution < -0.4 is 0 Å². The number of rotatable bonds is 1. The molecule has 0 aliphatic heterocycles. The normalized spacial score (nSPS) is 9.73. The van der Waals surface area contributed by atoms with Gasteiger partial charge in [-0.1, -0.05) is 11.6 Å². The van der Waals surface area contributed by atoms with Gasteiger partial charge in [-0.25, -0.2) is 0 Å². The molecule has 1 nitrogen and oxygen atoms in total. The van der Waals surface area contributed by atoms with Crippen LogP contribution in [0.2, 0.25) is 5.02 Å². The van der Waals surface area contributed by atoms with Crippen molar-refractivity contribution < 1.29 is 4.79 Å². The van der Waals surface area contributed by atoms with Crippen molar-refractivity contribution >= 4 is 51.0 Å². The summed E-state index contributed by atoms with van der Waals surface area (Å²) in [6, 6.07) is 4.90. The van der Waals surface area contributed by atoms with Gasteiger partial charge in [0.05, 0.1) is 5.02 Å². The molecule has 1 aromatic carbocycles. The van der Waals surface area contributed by atoms with Gasteiger partial charge in [-0.05, 0) is 52.4 Å². The summed E-state index contributed by atoms with van der Waals surface area (Å²) in [4.78, 5) is 10.6. The Kier molecular flexibility index (Phi) is 3.16. The van der Waals surface area contributed by atoms with Gasteiger partial charge < -0.3 is 0 Å². The molecule has 0 fully saturated rings. The maximum atomic E-state index is 10.6. The number of halogens is 3. The van der Waals surface area contributed by atoms with Gasteiger partial charge in [0.2, 0.25) is 0 Å². The second kappa shape index (κ2) is 3.74. The lowest BCUT2D eigenvalue weighted by atomic mass is 10.2. The molecule has 4 heteroatoms. The molecule has 11 heavy (non-hydrogen) atoms. The number of benzene rings is 1. The summed E-state index contributed by atoms with van der Waals surface area (Å²) in [5, 5.41) is 0.173. The Morgan fingerprint density at radius 1 is 1.45 bits per heavy atom. The van der Waals surface area contributed by atoms with Crippen molar-refractivity contribution in [3.63, 3.8) is 0 Å². The molecule has 0 saturated carbocycles. The second-order valence-corrected chi connectivity index (χ2v) is 3.82. The predicted octanol–water partition coefficient (Wildman–Crippen LogP) is 3.32. The molecule has 0 saturated heterocycles. The lowest BCUT2D eigenvalue weighted by Crippen LogP contribution is -1.88. The first-order valence-electron chi connectivity index (χ1n) is 2.76. The Balaban J connectivity index is 3.15. The van der Waals surface area contributed by atoms with Crippen molar-refractivity contribution in [3.8, 4) is 0 Å². The Morgan fingerprint density at radius 2 is 2.09 bits per heavy atom. The zero-order valence-corrected chi connectivity index (χ0v) is 8.94. The van der Waals surface area contributed by atoms with Gasteiger partial charge in [-0.15, -0.1) is 0 Å². The highest BCUT2D eigenvalue weighted by Crippen LogP contribution is 2.19. The standard InChI is InChI=1S/C7H3Cl2IO/c8-5-2-1-4(7(9)11)3-6(5)10/h1-3H. The van der Waals surface area contributed by atoms with Crippen molar-refractivity contribution in [3.05, 3.63) is 32.4 Å². The predicted molar refractivity (Wildman–Crippen MR) is 54.4 cm³/mol. The van der Waals surface area contributed by atoms with E-state index in [-0.39, 0.29) is 0 Å². The van der Waals surface area contributed by atoms with Crippen LogP contribution in [0, 0.1) is 3.57 Å². The molecule has 0 aliphatic carbocycles. The maximum Gasteiger partial charge on any atom is 0.252 e. The van der Waals surface area contributed by atoms with Crippen molar-refractivity contribution in [2.75, 3.05) is 0 Å². The van der Waals surface area contributed by atoms with Crippen molar-refractivity contribution in [2.24, 2.45) is 0 Å². The average molecular weight is 301 g/mol.